The van der Waals surface area contributed by atoms with Crippen molar-refractivity contribution in [2.45, 2.75) is 25.6 Å². The quantitative estimate of drug-likeness (QED) is 0.804. The number of aromatic nitrogens is 2. The second-order valence-electron chi connectivity index (χ2n) is 5.27. The van der Waals surface area contributed by atoms with E-state index in [2.05, 4.69) is 10.4 Å². The number of rotatable bonds is 5. The van der Waals surface area contributed by atoms with Crippen LogP contribution in [0.2, 0.25) is 0 Å². The maximum atomic E-state index is 13.4. The van der Waals surface area contributed by atoms with Gasteiger partial charge < -0.3 is 10.4 Å². The Kier molecular flexibility index (Phi) is 5.10. The van der Waals surface area contributed by atoms with Crippen LogP contribution in [0.3, 0.4) is 0 Å². The molecule has 0 saturated carbocycles. The number of amides is 1. The number of carbonyl (C=O) groups excluding carboxylic acids is 1. The summed E-state index contributed by atoms with van der Waals surface area (Å²) in [7, 11) is 0. The second kappa shape index (κ2) is 6.91. The minimum Gasteiger partial charge on any atom is -0.481 e. The number of hydrogen-bond acceptors (Lipinski definition) is 3. The molecule has 0 radical (unpaired) electrons. The van der Waals surface area contributed by atoms with E-state index in [0.717, 1.165) is 30.5 Å². The summed E-state index contributed by atoms with van der Waals surface area (Å²) in [6.45, 7) is 1.35. The largest absolute Gasteiger partial charge is 0.481 e. The van der Waals surface area contributed by atoms with E-state index in [0.29, 0.717) is 4.68 Å². The van der Waals surface area contributed by atoms with E-state index < -0.39 is 47.6 Å². The average molecular weight is 359 g/mol. The molecule has 10 heteroatoms. The van der Waals surface area contributed by atoms with Crippen molar-refractivity contribution in [2.75, 3.05) is 0 Å². The van der Waals surface area contributed by atoms with E-state index in [1.165, 1.54) is 6.92 Å². The molecule has 6 nitrogen and oxygen atoms in total. The molecule has 1 aromatic heterocycles. The Morgan fingerprint density at radius 2 is 1.88 bits per heavy atom. The molecule has 2 aromatic rings. The predicted molar refractivity (Wildman–Crippen MR) is 77.7 cm³/mol. The highest BCUT2D eigenvalue weighted by molar-refractivity contribution is 5.95. The Balaban J connectivity index is 2.41. The van der Waals surface area contributed by atoms with Crippen molar-refractivity contribution in [1.29, 1.82) is 0 Å². The van der Waals surface area contributed by atoms with Crippen molar-refractivity contribution < 1.29 is 32.3 Å². The maximum Gasteiger partial charge on any atom is 0.434 e. The lowest BCUT2D eigenvalue weighted by Crippen LogP contribution is -2.35. The maximum absolute atomic E-state index is 13.4. The summed E-state index contributed by atoms with van der Waals surface area (Å²) in [4.78, 5) is 22.7. The molecule has 0 bridgehead atoms. The minimum atomic E-state index is -4.91. The van der Waals surface area contributed by atoms with Crippen molar-refractivity contribution in [3.05, 3.63) is 47.5 Å². The molecule has 134 valence electrons. The molecule has 0 aliphatic heterocycles. The van der Waals surface area contributed by atoms with Crippen LogP contribution in [0.4, 0.5) is 17.6 Å². The molecule has 0 aliphatic carbocycles. The summed E-state index contributed by atoms with van der Waals surface area (Å²) in [5.74, 6) is -2.94. The molecule has 0 spiro atoms. The molecular weight excluding hydrogens is 346 g/mol. The third-order valence-corrected chi connectivity index (χ3v) is 3.21. The fraction of sp³-hybridized carbons (Fsp3) is 0.267. The highest BCUT2D eigenvalue weighted by atomic mass is 19.4. The summed E-state index contributed by atoms with van der Waals surface area (Å²) in [6.07, 6.45) is -4.62. The number of hydrogen-bond donors (Lipinski definition) is 2. The van der Waals surface area contributed by atoms with E-state index in [-0.39, 0.29) is 5.69 Å². The normalized spacial score (nSPS) is 12.7. The van der Waals surface area contributed by atoms with Gasteiger partial charge in [0.05, 0.1) is 23.9 Å². The topological polar surface area (TPSA) is 84.2 Å². The van der Waals surface area contributed by atoms with Crippen LogP contribution in [0.15, 0.2) is 30.5 Å². The van der Waals surface area contributed by atoms with Gasteiger partial charge in [0.15, 0.2) is 5.69 Å². The molecule has 1 heterocycles. The molecule has 0 fully saturated rings. The lowest BCUT2D eigenvalue weighted by molar-refractivity contribution is -0.143. The van der Waals surface area contributed by atoms with Gasteiger partial charge in [0.2, 0.25) is 0 Å². The molecule has 25 heavy (non-hydrogen) atoms. The first kappa shape index (κ1) is 18.4. The average Bonchev–Trinajstić information content (AvgIpc) is 2.92. The van der Waals surface area contributed by atoms with Crippen LogP contribution in [-0.4, -0.2) is 32.8 Å². The number of carboxylic acids is 1. The molecule has 2 N–H and O–H groups in total. The van der Waals surface area contributed by atoms with Gasteiger partial charge in [-0.15, -0.1) is 0 Å². The van der Waals surface area contributed by atoms with Crippen molar-refractivity contribution in [1.82, 2.24) is 15.1 Å². The van der Waals surface area contributed by atoms with Crippen molar-refractivity contribution in [3.63, 3.8) is 0 Å². The third-order valence-electron chi connectivity index (χ3n) is 3.21. The van der Waals surface area contributed by atoms with Gasteiger partial charge in [-0.3, -0.25) is 9.59 Å². The van der Waals surface area contributed by atoms with Crippen LogP contribution in [-0.2, 0) is 11.0 Å². The molecule has 0 aliphatic rings. The number of nitrogens with one attached hydrogen (secondary N) is 1. The standard InChI is InChI=1S/C15H13F4N3O3/c1-8(6-12(23)24)21-14(25)11-7-20-22(13(11)15(17,18)19)10-4-2-9(16)3-5-10/h2-5,7-8H,6H2,1H3,(H,21,25)(H,23,24). The number of aliphatic carboxylic acids is 1. The number of alkyl halides is 3. The molecule has 2 rings (SSSR count). The summed E-state index contributed by atoms with van der Waals surface area (Å²) in [5, 5.41) is 14.4. The van der Waals surface area contributed by atoms with Gasteiger partial charge in [-0.25, -0.2) is 9.07 Å². The highest BCUT2D eigenvalue weighted by Crippen LogP contribution is 2.33. The number of carboxylic acid groups (broad SMARTS) is 1. The fourth-order valence-electron chi connectivity index (χ4n) is 2.18. The Hall–Kier alpha value is -2.91. The first-order valence-electron chi connectivity index (χ1n) is 7.03. The van der Waals surface area contributed by atoms with Crippen LogP contribution in [0, 0.1) is 5.82 Å². The van der Waals surface area contributed by atoms with Gasteiger partial charge in [0.25, 0.3) is 5.91 Å². The lowest BCUT2D eigenvalue weighted by Gasteiger charge is -2.14. The van der Waals surface area contributed by atoms with Crippen LogP contribution >= 0.6 is 0 Å². The molecule has 1 aromatic carbocycles. The zero-order chi connectivity index (χ0) is 18.8. The molecule has 1 amide bonds. The van der Waals surface area contributed by atoms with Crippen LogP contribution < -0.4 is 5.32 Å². The SMILES string of the molecule is CC(CC(=O)O)NC(=O)c1cnn(-c2ccc(F)cc2)c1C(F)(F)F. The first-order valence-corrected chi connectivity index (χ1v) is 7.03. The molecule has 1 atom stereocenters. The van der Waals surface area contributed by atoms with Gasteiger partial charge in [-0.2, -0.15) is 18.3 Å². The predicted octanol–water partition coefficient (Wildman–Crippen LogP) is 2.62. The van der Waals surface area contributed by atoms with Crippen molar-refractivity contribution in [2.24, 2.45) is 0 Å². The van der Waals surface area contributed by atoms with Gasteiger partial charge >= 0.3 is 12.1 Å². The highest BCUT2D eigenvalue weighted by Gasteiger charge is 2.40. The lowest BCUT2D eigenvalue weighted by atomic mass is 10.2. The van der Waals surface area contributed by atoms with Gasteiger partial charge in [-0.05, 0) is 31.2 Å². The molecular formula is C15H13F4N3O3. The second-order valence-corrected chi connectivity index (χ2v) is 5.27. The monoisotopic (exact) mass is 359 g/mol. The zero-order valence-electron chi connectivity index (χ0n) is 12.8. The van der Waals surface area contributed by atoms with E-state index in [9.17, 15) is 27.2 Å². The summed E-state index contributed by atoms with van der Waals surface area (Å²) < 4.78 is 53.7. The minimum absolute atomic E-state index is 0.0774. The zero-order valence-corrected chi connectivity index (χ0v) is 12.8. The van der Waals surface area contributed by atoms with Gasteiger partial charge in [-0.1, -0.05) is 0 Å². The van der Waals surface area contributed by atoms with Crippen molar-refractivity contribution in [3.8, 4) is 5.69 Å². The number of halogens is 4. The Morgan fingerprint density at radius 1 is 1.28 bits per heavy atom. The van der Waals surface area contributed by atoms with E-state index in [1.54, 1.807) is 0 Å². The van der Waals surface area contributed by atoms with E-state index in [1.807, 2.05) is 0 Å². The fourth-order valence-corrected chi connectivity index (χ4v) is 2.18. The van der Waals surface area contributed by atoms with Crippen molar-refractivity contribution >= 4 is 11.9 Å². The Bertz CT molecular complexity index is 784. The van der Waals surface area contributed by atoms with Crippen LogP contribution in [0.5, 0.6) is 0 Å². The van der Waals surface area contributed by atoms with Crippen LogP contribution in [0.1, 0.15) is 29.4 Å². The van der Waals surface area contributed by atoms with E-state index in [4.69, 9.17) is 5.11 Å². The number of benzene rings is 1. The smallest absolute Gasteiger partial charge is 0.434 e. The summed E-state index contributed by atoms with van der Waals surface area (Å²) in [6, 6.07) is 3.23. The Labute approximate surface area is 139 Å². The van der Waals surface area contributed by atoms with Crippen LogP contribution in [0.25, 0.3) is 5.69 Å². The summed E-state index contributed by atoms with van der Waals surface area (Å²) >= 11 is 0. The molecule has 1 unspecified atom stereocenters. The number of nitrogens with zero attached hydrogens (tertiary/aromatic N) is 2. The van der Waals surface area contributed by atoms with Gasteiger partial charge in [0.1, 0.15) is 5.82 Å². The Morgan fingerprint density at radius 3 is 2.40 bits per heavy atom. The first-order chi connectivity index (χ1) is 11.6. The number of carbonyl (C=O) groups is 2. The summed E-state index contributed by atoms with van der Waals surface area (Å²) in [5.41, 5.74) is -2.17. The molecule has 0 saturated heterocycles. The third kappa shape index (κ3) is 4.34. The van der Waals surface area contributed by atoms with E-state index >= 15 is 0 Å². The van der Waals surface area contributed by atoms with Gasteiger partial charge in [0, 0.05) is 6.04 Å².